The molecule has 2 N–H and O–H groups in total. The Kier molecular flexibility index (Phi) is 7.15. The third-order valence-electron chi connectivity index (χ3n) is 7.38. The highest BCUT2D eigenvalue weighted by Crippen LogP contribution is 2.52. The first kappa shape index (κ1) is 22.0. The summed E-state index contributed by atoms with van der Waals surface area (Å²) >= 11 is 0. The Morgan fingerprint density at radius 1 is 1.14 bits per heavy atom. The molecule has 0 aromatic rings. The summed E-state index contributed by atoms with van der Waals surface area (Å²) in [6.07, 6.45) is 8.84. The van der Waals surface area contributed by atoms with Gasteiger partial charge in [-0.3, -0.25) is 9.59 Å². The van der Waals surface area contributed by atoms with E-state index in [4.69, 9.17) is 5.26 Å². The fraction of sp³-hybridized carbons (Fsp3) is 0.864. The minimum Gasteiger partial charge on any atom is -0.356 e. The zero-order valence-electron chi connectivity index (χ0n) is 17.6. The van der Waals surface area contributed by atoms with Crippen molar-refractivity contribution < 1.29 is 14.0 Å². The number of carbonyl (C=O) groups is 2. The summed E-state index contributed by atoms with van der Waals surface area (Å²) in [7, 11) is 0. The molecule has 4 rings (SSSR count). The quantitative estimate of drug-likeness (QED) is 0.577. The van der Waals surface area contributed by atoms with Crippen LogP contribution in [0, 0.1) is 16.7 Å². The number of fused-ring (bicyclic) bond motifs is 3. The maximum atomic E-state index is 13.6. The van der Waals surface area contributed by atoms with Crippen LogP contribution in [0.25, 0.3) is 0 Å². The van der Waals surface area contributed by atoms with Gasteiger partial charge in [-0.05, 0) is 44.9 Å². The van der Waals surface area contributed by atoms with E-state index in [0.717, 1.165) is 57.9 Å². The van der Waals surface area contributed by atoms with E-state index in [9.17, 15) is 14.0 Å². The summed E-state index contributed by atoms with van der Waals surface area (Å²) < 4.78 is 13.6. The Labute approximate surface area is 173 Å². The third kappa shape index (κ3) is 4.91. The number of likely N-dealkylation sites (tertiary alicyclic amines) is 1. The predicted molar refractivity (Wildman–Crippen MR) is 109 cm³/mol. The fourth-order valence-corrected chi connectivity index (χ4v) is 5.28. The van der Waals surface area contributed by atoms with E-state index in [-0.39, 0.29) is 42.3 Å². The molecule has 1 aliphatic heterocycles. The van der Waals surface area contributed by atoms with Crippen LogP contribution in [0.15, 0.2) is 0 Å². The highest BCUT2D eigenvalue weighted by Gasteiger charge is 2.52. The molecule has 0 aromatic heterocycles. The molecule has 2 atom stereocenters. The molecule has 7 heteroatoms. The number of nitrogens with zero attached hydrogens (tertiary/aromatic N) is 2. The summed E-state index contributed by atoms with van der Waals surface area (Å²) in [4.78, 5) is 26.7. The van der Waals surface area contributed by atoms with Gasteiger partial charge in [-0.1, -0.05) is 26.2 Å². The van der Waals surface area contributed by atoms with Gasteiger partial charge in [0.2, 0.25) is 11.8 Å². The van der Waals surface area contributed by atoms with E-state index in [1.54, 1.807) is 0 Å². The number of unbranched alkanes of at least 4 members (excludes halogenated alkanes) is 3. The van der Waals surface area contributed by atoms with Gasteiger partial charge in [0.1, 0.15) is 12.2 Å². The lowest BCUT2D eigenvalue weighted by molar-refractivity contribution is -0.139. The molecule has 3 saturated carbocycles. The van der Waals surface area contributed by atoms with E-state index >= 15 is 0 Å². The number of halogens is 1. The minimum absolute atomic E-state index is 0.0211. The van der Waals surface area contributed by atoms with E-state index in [0.29, 0.717) is 0 Å². The van der Waals surface area contributed by atoms with Gasteiger partial charge >= 0.3 is 0 Å². The molecular formula is C22H35FN4O2. The van der Waals surface area contributed by atoms with Crippen LogP contribution in [0.3, 0.4) is 0 Å². The van der Waals surface area contributed by atoms with Crippen molar-refractivity contribution in [3.05, 3.63) is 0 Å². The maximum Gasteiger partial charge on any atom is 0.237 e. The molecule has 162 valence electrons. The number of nitrogens with one attached hydrogen (secondary N) is 2. The standard InChI is InChI=1S/C22H35FN4O2/c1-2-3-4-5-12-25-20(29)21-6-9-22(10-7-21,11-8-21)26-15-19(28)27-16-17(23)13-18(27)14-24/h17-18,26H,2-13,15-16H2,1H3,(H,25,29)/t17-,18-,21?,22?/m0/s1. The second-order valence-corrected chi connectivity index (χ2v) is 9.25. The van der Waals surface area contributed by atoms with Gasteiger partial charge in [0, 0.05) is 23.9 Å². The highest BCUT2D eigenvalue weighted by atomic mass is 19.1. The summed E-state index contributed by atoms with van der Waals surface area (Å²) in [6, 6.07) is 1.38. The van der Waals surface area contributed by atoms with Gasteiger partial charge in [-0.25, -0.2) is 4.39 Å². The van der Waals surface area contributed by atoms with Crippen molar-refractivity contribution in [2.75, 3.05) is 19.6 Å². The summed E-state index contributed by atoms with van der Waals surface area (Å²) in [5.74, 6) is 0.0135. The van der Waals surface area contributed by atoms with Crippen molar-refractivity contribution in [3.63, 3.8) is 0 Å². The molecule has 2 amide bonds. The van der Waals surface area contributed by atoms with Crippen molar-refractivity contribution in [1.29, 1.82) is 5.26 Å². The Morgan fingerprint density at radius 2 is 1.83 bits per heavy atom. The number of rotatable bonds is 9. The zero-order chi connectivity index (χ0) is 20.9. The van der Waals surface area contributed by atoms with Crippen molar-refractivity contribution >= 4 is 11.8 Å². The van der Waals surface area contributed by atoms with Crippen LogP contribution in [0.5, 0.6) is 0 Å². The number of alkyl halides is 1. The first-order valence-corrected chi connectivity index (χ1v) is 11.3. The smallest absolute Gasteiger partial charge is 0.237 e. The summed E-state index contributed by atoms with van der Waals surface area (Å²) in [6.45, 7) is 3.11. The average Bonchev–Trinajstić information content (AvgIpc) is 3.14. The lowest BCUT2D eigenvalue weighted by atomic mass is 9.57. The van der Waals surface area contributed by atoms with Gasteiger partial charge in [0.05, 0.1) is 19.2 Å². The molecule has 1 heterocycles. The average molecular weight is 407 g/mol. The van der Waals surface area contributed by atoms with Crippen LogP contribution in [0.4, 0.5) is 4.39 Å². The number of hydrogen-bond donors (Lipinski definition) is 2. The zero-order valence-corrected chi connectivity index (χ0v) is 17.6. The minimum atomic E-state index is -1.10. The first-order chi connectivity index (χ1) is 13.9. The largest absolute Gasteiger partial charge is 0.356 e. The summed E-state index contributed by atoms with van der Waals surface area (Å²) in [5, 5.41) is 15.7. The van der Waals surface area contributed by atoms with Crippen molar-refractivity contribution in [2.45, 2.75) is 95.3 Å². The van der Waals surface area contributed by atoms with Crippen LogP contribution in [-0.4, -0.2) is 54.1 Å². The number of nitriles is 1. The Balaban J connectivity index is 1.45. The molecule has 29 heavy (non-hydrogen) atoms. The second-order valence-electron chi connectivity index (χ2n) is 9.25. The van der Waals surface area contributed by atoms with Crippen LogP contribution in [0.2, 0.25) is 0 Å². The molecule has 3 aliphatic carbocycles. The van der Waals surface area contributed by atoms with E-state index in [1.165, 1.54) is 17.7 Å². The van der Waals surface area contributed by atoms with E-state index in [2.05, 4.69) is 17.6 Å². The molecule has 4 aliphatic rings. The van der Waals surface area contributed by atoms with Crippen molar-refractivity contribution in [2.24, 2.45) is 5.41 Å². The Hall–Kier alpha value is -1.68. The van der Waals surface area contributed by atoms with Crippen LogP contribution in [-0.2, 0) is 9.59 Å². The Bertz CT molecular complexity index is 623. The molecule has 2 bridgehead atoms. The lowest BCUT2D eigenvalue weighted by Crippen LogP contribution is -2.60. The van der Waals surface area contributed by atoms with Gasteiger partial charge in [-0.2, -0.15) is 5.26 Å². The highest BCUT2D eigenvalue weighted by molar-refractivity contribution is 5.83. The molecule has 0 spiro atoms. The number of hydrogen-bond acceptors (Lipinski definition) is 4. The molecule has 6 nitrogen and oxygen atoms in total. The topological polar surface area (TPSA) is 85.2 Å². The first-order valence-electron chi connectivity index (χ1n) is 11.3. The lowest BCUT2D eigenvalue weighted by Gasteiger charge is -2.53. The fourth-order valence-electron chi connectivity index (χ4n) is 5.28. The van der Waals surface area contributed by atoms with E-state index in [1.807, 2.05) is 6.07 Å². The molecule has 4 fully saturated rings. The molecule has 0 radical (unpaired) electrons. The predicted octanol–water partition coefficient (Wildman–Crippen LogP) is 2.83. The second kappa shape index (κ2) is 9.42. The van der Waals surface area contributed by atoms with Crippen molar-refractivity contribution in [3.8, 4) is 6.07 Å². The summed E-state index contributed by atoms with van der Waals surface area (Å²) in [5.41, 5.74) is -0.337. The SMILES string of the molecule is CCCCCCNC(=O)C12CCC(NCC(=O)N3C[C@@H](F)C[C@H]3C#N)(CC1)CC2. The molecule has 0 unspecified atom stereocenters. The van der Waals surface area contributed by atoms with Gasteiger partial charge in [-0.15, -0.1) is 0 Å². The molecular weight excluding hydrogens is 371 g/mol. The van der Waals surface area contributed by atoms with Crippen LogP contribution in [0.1, 0.15) is 77.6 Å². The van der Waals surface area contributed by atoms with Gasteiger partial charge in [0.25, 0.3) is 0 Å². The van der Waals surface area contributed by atoms with Gasteiger partial charge < -0.3 is 15.5 Å². The van der Waals surface area contributed by atoms with Gasteiger partial charge in [0.15, 0.2) is 0 Å². The molecule has 1 saturated heterocycles. The van der Waals surface area contributed by atoms with Crippen LogP contribution < -0.4 is 10.6 Å². The third-order valence-corrected chi connectivity index (χ3v) is 7.38. The Morgan fingerprint density at radius 3 is 2.45 bits per heavy atom. The number of carbonyl (C=O) groups excluding carboxylic acids is 2. The normalized spacial score (nSPS) is 33.5. The maximum absolute atomic E-state index is 13.6. The molecule has 0 aromatic carbocycles. The van der Waals surface area contributed by atoms with Crippen LogP contribution >= 0.6 is 0 Å². The van der Waals surface area contributed by atoms with Crippen molar-refractivity contribution in [1.82, 2.24) is 15.5 Å². The number of amides is 2. The monoisotopic (exact) mass is 406 g/mol. The van der Waals surface area contributed by atoms with E-state index < -0.39 is 12.2 Å².